The largest absolute Gasteiger partial charge is 0.573 e. The average molecular weight is 204 g/mol. The maximum Gasteiger partial charge on any atom is 0.573 e. The van der Waals surface area contributed by atoms with Crippen molar-refractivity contribution in [2.45, 2.75) is 6.36 Å². The van der Waals surface area contributed by atoms with Crippen molar-refractivity contribution in [1.29, 1.82) is 5.41 Å². The Labute approximate surface area is 78.0 Å². The SMILES string of the molecule is N=CNc1ccc(OC(F)(F)F)cc1. The van der Waals surface area contributed by atoms with E-state index in [0.717, 1.165) is 6.34 Å². The van der Waals surface area contributed by atoms with Gasteiger partial charge in [-0.25, -0.2) is 0 Å². The van der Waals surface area contributed by atoms with E-state index in [1.165, 1.54) is 24.3 Å². The van der Waals surface area contributed by atoms with Crippen molar-refractivity contribution in [2.24, 2.45) is 0 Å². The molecule has 0 heterocycles. The van der Waals surface area contributed by atoms with Crippen LogP contribution in [-0.4, -0.2) is 12.7 Å². The molecular weight excluding hydrogens is 197 g/mol. The number of halogens is 3. The van der Waals surface area contributed by atoms with Gasteiger partial charge in [-0.05, 0) is 24.3 Å². The summed E-state index contributed by atoms with van der Waals surface area (Å²) in [5.41, 5.74) is 0.523. The van der Waals surface area contributed by atoms with Crippen molar-refractivity contribution in [3.63, 3.8) is 0 Å². The molecule has 0 bridgehead atoms. The molecule has 0 saturated heterocycles. The molecule has 0 aliphatic carbocycles. The van der Waals surface area contributed by atoms with Gasteiger partial charge in [0.2, 0.25) is 0 Å². The van der Waals surface area contributed by atoms with Gasteiger partial charge in [-0.15, -0.1) is 13.2 Å². The van der Waals surface area contributed by atoms with Gasteiger partial charge < -0.3 is 10.1 Å². The van der Waals surface area contributed by atoms with Gasteiger partial charge >= 0.3 is 6.36 Å². The molecule has 0 unspecified atom stereocenters. The van der Waals surface area contributed by atoms with Crippen LogP contribution in [0.2, 0.25) is 0 Å². The van der Waals surface area contributed by atoms with Gasteiger partial charge in [0.05, 0.1) is 6.34 Å². The van der Waals surface area contributed by atoms with E-state index in [0.29, 0.717) is 5.69 Å². The number of benzene rings is 1. The highest BCUT2D eigenvalue weighted by atomic mass is 19.4. The number of nitrogens with one attached hydrogen (secondary N) is 2. The Hall–Kier alpha value is -1.72. The van der Waals surface area contributed by atoms with E-state index in [1.54, 1.807) is 0 Å². The molecule has 1 aromatic carbocycles. The van der Waals surface area contributed by atoms with E-state index in [2.05, 4.69) is 10.1 Å². The Kier molecular flexibility index (Phi) is 2.95. The van der Waals surface area contributed by atoms with Crippen molar-refractivity contribution in [2.75, 3.05) is 5.32 Å². The third kappa shape index (κ3) is 3.34. The minimum Gasteiger partial charge on any atom is -0.406 e. The highest BCUT2D eigenvalue weighted by Crippen LogP contribution is 2.23. The van der Waals surface area contributed by atoms with Crippen LogP contribution in [0.25, 0.3) is 0 Å². The van der Waals surface area contributed by atoms with Gasteiger partial charge in [0.25, 0.3) is 0 Å². The van der Waals surface area contributed by atoms with Crippen molar-refractivity contribution in [3.05, 3.63) is 24.3 Å². The molecule has 1 aromatic rings. The van der Waals surface area contributed by atoms with Crippen LogP contribution >= 0.6 is 0 Å². The molecule has 0 spiro atoms. The first-order valence-electron chi connectivity index (χ1n) is 3.62. The molecule has 0 saturated carbocycles. The number of rotatable bonds is 3. The van der Waals surface area contributed by atoms with Crippen LogP contribution in [-0.2, 0) is 0 Å². The van der Waals surface area contributed by atoms with Gasteiger partial charge in [0.15, 0.2) is 0 Å². The van der Waals surface area contributed by atoms with Crippen molar-refractivity contribution < 1.29 is 17.9 Å². The molecule has 6 heteroatoms. The zero-order valence-corrected chi connectivity index (χ0v) is 6.93. The van der Waals surface area contributed by atoms with Gasteiger partial charge in [-0.3, -0.25) is 5.41 Å². The quantitative estimate of drug-likeness (QED) is 0.587. The number of hydrogen-bond donors (Lipinski definition) is 2. The molecule has 76 valence electrons. The second kappa shape index (κ2) is 3.99. The predicted molar refractivity (Wildman–Crippen MR) is 45.5 cm³/mol. The van der Waals surface area contributed by atoms with Crippen LogP contribution in [0.4, 0.5) is 18.9 Å². The molecule has 14 heavy (non-hydrogen) atoms. The van der Waals surface area contributed by atoms with Gasteiger partial charge in [0, 0.05) is 5.69 Å². The maximum absolute atomic E-state index is 11.7. The lowest BCUT2D eigenvalue weighted by molar-refractivity contribution is -0.274. The lowest BCUT2D eigenvalue weighted by Crippen LogP contribution is -2.16. The average Bonchev–Trinajstić information content (AvgIpc) is 2.06. The smallest absolute Gasteiger partial charge is 0.406 e. The molecule has 0 fully saturated rings. The number of anilines is 1. The Morgan fingerprint density at radius 1 is 1.21 bits per heavy atom. The lowest BCUT2D eigenvalue weighted by Gasteiger charge is -2.08. The third-order valence-electron chi connectivity index (χ3n) is 1.33. The fraction of sp³-hybridized carbons (Fsp3) is 0.125. The number of alkyl halides is 3. The molecular formula is C8H7F3N2O. The van der Waals surface area contributed by atoms with Crippen LogP contribution in [0.1, 0.15) is 0 Å². The van der Waals surface area contributed by atoms with Crippen molar-refractivity contribution >= 4 is 12.0 Å². The summed E-state index contributed by atoms with van der Waals surface area (Å²) in [6, 6.07) is 5.09. The summed E-state index contributed by atoms with van der Waals surface area (Å²) < 4.78 is 38.8. The highest BCUT2D eigenvalue weighted by Gasteiger charge is 2.30. The fourth-order valence-corrected chi connectivity index (χ4v) is 0.836. The van der Waals surface area contributed by atoms with Crippen LogP contribution in [0, 0.1) is 5.41 Å². The molecule has 0 aliphatic rings. The summed E-state index contributed by atoms with van der Waals surface area (Å²) in [5.74, 6) is -0.284. The van der Waals surface area contributed by atoms with E-state index in [1.807, 2.05) is 0 Å². The standard InChI is InChI=1S/C8H7F3N2O/c9-8(10,11)14-7-3-1-6(2-4-7)13-5-12/h1-5H,(H2,12,13). The Morgan fingerprint density at radius 2 is 1.79 bits per heavy atom. The third-order valence-corrected chi connectivity index (χ3v) is 1.33. The summed E-state index contributed by atoms with van der Waals surface area (Å²) >= 11 is 0. The molecule has 1 rings (SSSR count). The first-order chi connectivity index (χ1) is 6.51. The fourth-order valence-electron chi connectivity index (χ4n) is 0.836. The summed E-state index contributed by atoms with van der Waals surface area (Å²) in [4.78, 5) is 0. The first kappa shape index (κ1) is 10.4. The number of ether oxygens (including phenoxy) is 1. The van der Waals surface area contributed by atoms with Crippen LogP contribution in [0.15, 0.2) is 24.3 Å². The number of hydrogen-bond acceptors (Lipinski definition) is 2. The zero-order chi connectivity index (χ0) is 10.6. The zero-order valence-electron chi connectivity index (χ0n) is 6.93. The first-order valence-corrected chi connectivity index (χ1v) is 3.62. The molecule has 0 atom stereocenters. The summed E-state index contributed by atoms with van der Waals surface area (Å²) in [6.07, 6.45) is -3.74. The van der Waals surface area contributed by atoms with E-state index < -0.39 is 6.36 Å². The van der Waals surface area contributed by atoms with Crippen molar-refractivity contribution in [3.8, 4) is 5.75 Å². The van der Waals surface area contributed by atoms with E-state index in [4.69, 9.17) is 5.41 Å². The second-order valence-corrected chi connectivity index (χ2v) is 2.36. The summed E-state index contributed by atoms with van der Waals surface area (Å²) in [5, 5.41) is 9.19. The minimum atomic E-state index is -4.67. The topological polar surface area (TPSA) is 45.1 Å². The Bertz CT molecular complexity index is 307. The molecule has 0 aromatic heterocycles. The monoisotopic (exact) mass is 204 g/mol. The van der Waals surface area contributed by atoms with Gasteiger partial charge in [-0.1, -0.05) is 0 Å². The summed E-state index contributed by atoms with van der Waals surface area (Å²) in [6.45, 7) is 0. The van der Waals surface area contributed by atoms with Crippen molar-refractivity contribution in [1.82, 2.24) is 0 Å². The minimum absolute atomic E-state index is 0.284. The van der Waals surface area contributed by atoms with Crippen LogP contribution < -0.4 is 10.1 Å². The normalized spacial score (nSPS) is 10.8. The lowest BCUT2D eigenvalue weighted by atomic mass is 10.3. The Morgan fingerprint density at radius 3 is 2.21 bits per heavy atom. The Balaban J connectivity index is 2.68. The maximum atomic E-state index is 11.7. The van der Waals surface area contributed by atoms with Gasteiger partial charge in [-0.2, -0.15) is 0 Å². The predicted octanol–water partition coefficient (Wildman–Crippen LogP) is 2.60. The van der Waals surface area contributed by atoms with Gasteiger partial charge in [0.1, 0.15) is 5.75 Å². The molecule has 0 radical (unpaired) electrons. The second-order valence-electron chi connectivity index (χ2n) is 2.36. The molecule has 0 amide bonds. The summed E-state index contributed by atoms with van der Waals surface area (Å²) in [7, 11) is 0. The van der Waals surface area contributed by atoms with E-state index in [-0.39, 0.29) is 5.75 Å². The van der Waals surface area contributed by atoms with E-state index in [9.17, 15) is 13.2 Å². The molecule has 0 aliphatic heterocycles. The van der Waals surface area contributed by atoms with E-state index >= 15 is 0 Å². The van der Waals surface area contributed by atoms with Crippen LogP contribution in [0.3, 0.4) is 0 Å². The highest BCUT2D eigenvalue weighted by molar-refractivity contribution is 5.73. The molecule has 3 nitrogen and oxygen atoms in total. The molecule has 2 N–H and O–H groups in total. The van der Waals surface area contributed by atoms with Crippen LogP contribution in [0.5, 0.6) is 5.75 Å².